The number of alkyl halides is 1. The number of hydrogen-bond donors (Lipinski definition) is 1. The Morgan fingerprint density at radius 2 is 2.25 bits per heavy atom. The highest BCUT2D eigenvalue weighted by Gasteiger charge is 2.05. The largest absolute Gasteiger partial charge is 0.478 e. The molecule has 0 amide bonds. The molecule has 0 aliphatic heterocycles. The first-order valence-electron chi connectivity index (χ1n) is 3.58. The van der Waals surface area contributed by atoms with Gasteiger partial charge in [-0.15, -0.1) is 0 Å². The van der Waals surface area contributed by atoms with Crippen molar-refractivity contribution >= 4 is 28.6 Å². The molecule has 0 saturated carbocycles. The van der Waals surface area contributed by atoms with Gasteiger partial charge in [-0.05, 0) is 24.6 Å². The van der Waals surface area contributed by atoms with Gasteiger partial charge in [-0.1, -0.05) is 34.7 Å². The third-order valence-corrected chi connectivity index (χ3v) is 2.31. The smallest absolute Gasteiger partial charge is 0.335 e. The molecule has 1 aromatic rings. The van der Waals surface area contributed by atoms with E-state index < -0.39 is 5.97 Å². The number of benzene rings is 1. The fourth-order valence-corrected chi connectivity index (χ4v) is 1.31. The molecule has 0 aliphatic carbocycles. The summed E-state index contributed by atoms with van der Waals surface area (Å²) in [5.41, 5.74) is 1.41. The minimum Gasteiger partial charge on any atom is -0.478 e. The maximum Gasteiger partial charge on any atom is 0.335 e. The molecular weight excluding hydrogens is 267 g/mol. The predicted molar refractivity (Wildman–Crippen MR) is 55.8 cm³/mol. The molecule has 0 aromatic heterocycles. The van der Waals surface area contributed by atoms with Gasteiger partial charge in [0.15, 0.2) is 0 Å². The van der Waals surface area contributed by atoms with E-state index in [4.69, 9.17) is 5.11 Å². The number of carbonyl (C=O) groups is 1. The summed E-state index contributed by atoms with van der Waals surface area (Å²) in [6, 6.07) is 7.02. The monoisotopic (exact) mass is 276 g/mol. The summed E-state index contributed by atoms with van der Waals surface area (Å²) >= 11 is 2.26. The maximum atomic E-state index is 10.6. The zero-order valence-electron chi connectivity index (χ0n) is 6.62. The zero-order chi connectivity index (χ0) is 9.14. The van der Waals surface area contributed by atoms with Crippen LogP contribution in [0.3, 0.4) is 0 Å². The number of aromatic carboxylic acids is 1. The van der Waals surface area contributed by atoms with E-state index in [2.05, 4.69) is 22.6 Å². The molecule has 1 aromatic carbocycles. The Bertz CT molecular complexity index is 294. The van der Waals surface area contributed by atoms with Crippen LogP contribution < -0.4 is 0 Å². The Kier molecular flexibility index (Phi) is 3.08. The number of rotatable bonds is 2. The molecular formula is C9H9IO2. The zero-order valence-corrected chi connectivity index (χ0v) is 8.78. The van der Waals surface area contributed by atoms with Gasteiger partial charge in [0.25, 0.3) is 0 Å². The number of carboxylic acids is 1. The van der Waals surface area contributed by atoms with Crippen molar-refractivity contribution in [3.8, 4) is 0 Å². The molecule has 2 nitrogen and oxygen atoms in total. The van der Waals surface area contributed by atoms with Gasteiger partial charge in [-0.3, -0.25) is 0 Å². The first kappa shape index (κ1) is 9.51. The van der Waals surface area contributed by atoms with Crippen LogP contribution in [0.1, 0.15) is 26.8 Å². The molecule has 0 radical (unpaired) electrons. The highest BCUT2D eigenvalue weighted by molar-refractivity contribution is 14.1. The normalized spacial score (nSPS) is 12.5. The van der Waals surface area contributed by atoms with Crippen molar-refractivity contribution in [2.24, 2.45) is 0 Å². The Morgan fingerprint density at radius 1 is 1.58 bits per heavy atom. The van der Waals surface area contributed by atoms with Crippen molar-refractivity contribution in [2.75, 3.05) is 0 Å². The third-order valence-electron chi connectivity index (χ3n) is 1.59. The van der Waals surface area contributed by atoms with Crippen molar-refractivity contribution in [3.05, 3.63) is 35.4 Å². The van der Waals surface area contributed by atoms with Crippen LogP contribution in [0.2, 0.25) is 0 Å². The van der Waals surface area contributed by atoms with Gasteiger partial charge in [-0.25, -0.2) is 4.79 Å². The van der Waals surface area contributed by atoms with Crippen LogP contribution >= 0.6 is 22.6 Å². The second kappa shape index (κ2) is 3.89. The quantitative estimate of drug-likeness (QED) is 0.666. The summed E-state index contributed by atoms with van der Waals surface area (Å²) in [6.07, 6.45) is 0. The summed E-state index contributed by atoms with van der Waals surface area (Å²) < 4.78 is 0.349. The lowest BCUT2D eigenvalue weighted by molar-refractivity contribution is 0.0697. The van der Waals surface area contributed by atoms with Crippen LogP contribution in [0.5, 0.6) is 0 Å². The summed E-state index contributed by atoms with van der Waals surface area (Å²) in [7, 11) is 0. The lowest BCUT2D eigenvalue weighted by Gasteiger charge is -2.03. The van der Waals surface area contributed by atoms with Crippen LogP contribution in [-0.2, 0) is 0 Å². The molecule has 0 heterocycles. The van der Waals surface area contributed by atoms with E-state index in [1.54, 1.807) is 18.2 Å². The Morgan fingerprint density at radius 3 is 2.75 bits per heavy atom. The van der Waals surface area contributed by atoms with Crippen molar-refractivity contribution in [3.63, 3.8) is 0 Å². The molecule has 0 fully saturated rings. The number of hydrogen-bond acceptors (Lipinski definition) is 1. The van der Waals surface area contributed by atoms with Gasteiger partial charge in [0.1, 0.15) is 0 Å². The first-order valence-corrected chi connectivity index (χ1v) is 4.83. The molecule has 64 valence electrons. The van der Waals surface area contributed by atoms with Crippen molar-refractivity contribution in [1.82, 2.24) is 0 Å². The van der Waals surface area contributed by atoms with Gasteiger partial charge in [0.2, 0.25) is 0 Å². The van der Waals surface area contributed by atoms with Crippen molar-refractivity contribution < 1.29 is 9.90 Å². The van der Waals surface area contributed by atoms with E-state index in [-0.39, 0.29) is 0 Å². The van der Waals surface area contributed by atoms with Gasteiger partial charge in [0.05, 0.1) is 5.56 Å². The van der Waals surface area contributed by atoms with E-state index in [1.807, 2.05) is 13.0 Å². The van der Waals surface area contributed by atoms with Gasteiger partial charge >= 0.3 is 5.97 Å². The van der Waals surface area contributed by atoms with E-state index in [0.717, 1.165) is 5.56 Å². The Labute approximate surface area is 84.7 Å². The standard InChI is InChI=1S/C9H9IO2/c1-6(10)7-3-2-4-8(5-7)9(11)12/h2-6H,1H3,(H,11,12). The summed E-state index contributed by atoms with van der Waals surface area (Å²) in [4.78, 5) is 10.6. The van der Waals surface area contributed by atoms with Gasteiger partial charge in [-0.2, -0.15) is 0 Å². The highest BCUT2D eigenvalue weighted by Crippen LogP contribution is 2.22. The predicted octanol–water partition coefficient (Wildman–Crippen LogP) is 2.88. The number of carboxylic acid groups (broad SMARTS) is 1. The average molecular weight is 276 g/mol. The lowest BCUT2D eigenvalue weighted by atomic mass is 10.1. The molecule has 0 saturated heterocycles. The molecule has 0 spiro atoms. The Hall–Kier alpha value is -0.580. The maximum absolute atomic E-state index is 10.6. The highest BCUT2D eigenvalue weighted by atomic mass is 127. The van der Waals surface area contributed by atoms with Crippen LogP contribution in [0.4, 0.5) is 0 Å². The minimum atomic E-state index is -0.867. The molecule has 1 atom stereocenters. The number of halogens is 1. The minimum absolute atomic E-state index is 0.349. The summed E-state index contributed by atoms with van der Waals surface area (Å²) in [5.74, 6) is -0.867. The summed E-state index contributed by atoms with van der Waals surface area (Å²) in [5, 5.41) is 8.69. The SMILES string of the molecule is CC(I)c1cccc(C(=O)O)c1. The second-order valence-corrected chi connectivity index (χ2v) is 4.42. The molecule has 12 heavy (non-hydrogen) atoms. The lowest BCUT2D eigenvalue weighted by Crippen LogP contribution is -1.97. The van der Waals surface area contributed by atoms with Gasteiger partial charge in [0, 0.05) is 3.92 Å². The van der Waals surface area contributed by atoms with Crippen molar-refractivity contribution in [2.45, 2.75) is 10.8 Å². The molecule has 1 unspecified atom stereocenters. The van der Waals surface area contributed by atoms with Crippen LogP contribution in [-0.4, -0.2) is 11.1 Å². The van der Waals surface area contributed by atoms with E-state index in [9.17, 15) is 4.79 Å². The molecule has 1 N–H and O–H groups in total. The molecule has 0 bridgehead atoms. The topological polar surface area (TPSA) is 37.3 Å². The fourth-order valence-electron chi connectivity index (χ4n) is 0.919. The van der Waals surface area contributed by atoms with E-state index in [1.165, 1.54) is 0 Å². The second-order valence-electron chi connectivity index (χ2n) is 2.55. The van der Waals surface area contributed by atoms with Crippen LogP contribution in [0, 0.1) is 0 Å². The van der Waals surface area contributed by atoms with Crippen LogP contribution in [0.25, 0.3) is 0 Å². The summed E-state index contributed by atoms with van der Waals surface area (Å²) in [6.45, 7) is 2.03. The molecule has 1 rings (SSSR count). The van der Waals surface area contributed by atoms with Gasteiger partial charge < -0.3 is 5.11 Å². The third kappa shape index (κ3) is 2.20. The van der Waals surface area contributed by atoms with Crippen molar-refractivity contribution in [1.29, 1.82) is 0 Å². The van der Waals surface area contributed by atoms with E-state index in [0.29, 0.717) is 9.49 Å². The van der Waals surface area contributed by atoms with Crippen LogP contribution in [0.15, 0.2) is 24.3 Å². The average Bonchev–Trinajstić information content (AvgIpc) is 2.04. The molecule has 3 heteroatoms. The molecule has 0 aliphatic rings. The first-order chi connectivity index (χ1) is 5.61. The fraction of sp³-hybridized carbons (Fsp3) is 0.222. The van der Waals surface area contributed by atoms with E-state index >= 15 is 0 Å². The Balaban J connectivity index is 3.04.